The second-order valence-corrected chi connectivity index (χ2v) is 6.72. The molecule has 0 atom stereocenters. The first-order valence-corrected chi connectivity index (χ1v) is 9.19. The quantitative estimate of drug-likeness (QED) is 0.433. The molecule has 26 heavy (non-hydrogen) atoms. The zero-order chi connectivity index (χ0) is 18.4. The molecule has 0 aliphatic carbocycles. The summed E-state index contributed by atoms with van der Waals surface area (Å²) in [4.78, 5) is 0. The highest BCUT2D eigenvalue weighted by atomic mass is 32.2. The van der Waals surface area contributed by atoms with Gasteiger partial charge in [-0.05, 0) is 43.3 Å². The van der Waals surface area contributed by atoms with Crippen LogP contribution in [-0.2, 0) is 6.61 Å². The van der Waals surface area contributed by atoms with E-state index < -0.39 is 0 Å². The second kappa shape index (κ2) is 8.58. The average Bonchev–Trinajstić information content (AvgIpc) is 3.08. The van der Waals surface area contributed by atoms with Crippen LogP contribution < -0.4 is 9.47 Å². The van der Waals surface area contributed by atoms with Gasteiger partial charge in [-0.2, -0.15) is 0 Å². The van der Waals surface area contributed by atoms with Crippen molar-refractivity contribution in [1.82, 2.24) is 14.8 Å². The topological polar surface area (TPSA) is 49.2 Å². The molecule has 0 unspecified atom stereocenters. The molecule has 0 spiro atoms. The van der Waals surface area contributed by atoms with Crippen molar-refractivity contribution in [3.05, 3.63) is 72.6 Å². The highest BCUT2D eigenvalue weighted by Gasteiger charge is 2.15. The van der Waals surface area contributed by atoms with Gasteiger partial charge in [-0.3, -0.25) is 4.57 Å². The van der Waals surface area contributed by atoms with E-state index in [1.54, 1.807) is 18.9 Å². The summed E-state index contributed by atoms with van der Waals surface area (Å²) >= 11 is 1.62. The molecule has 0 bridgehead atoms. The maximum atomic E-state index is 5.89. The monoisotopic (exact) mass is 367 g/mol. The molecular weight excluding hydrogens is 346 g/mol. The van der Waals surface area contributed by atoms with Gasteiger partial charge in [0.2, 0.25) is 0 Å². The molecule has 1 heterocycles. The van der Waals surface area contributed by atoms with E-state index in [1.165, 1.54) is 0 Å². The van der Waals surface area contributed by atoms with Gasteiger partial charge >= 0.3 is 0 Å². The summed E-state index contributed by atoms with van der Waals surface area (Å²) in [5, 5.41) is 9.50. The molecule has 0 radical (unpaired) electrons. The van der Waals surface area contributed by atoms with Gasteiger partial charge in [0.05, 0.1) is 7.11 Å². The zero-order valence-corrected chi connectivity index (χ0v) is 15.7. The Morgan fingerprint density at radius 1 is 1.04 bits per heavy atom. The summed E-state index contributed by atoms with van der Waals surface area (Å²) in [6.07, 6.45) is 0. The average molecular weight is 367 g/mol. The Labute approximate surface area is 157 Å². The second-order valence-electron chi connectivity index (χ2n) is 5.78. The molecule has 0 aliphatic heterocycles. The third kappa shape index (κ3) is 4.46. The lowest BCUT2D eigenvalue weighted by Gasteiger charge is -2.11. The third-order valence-corrected chi connectivity index (χ3v) is 4.75. The van der Waals surface area contributed by atoms with Crippen molar-refractivity contribution in [2.45, 2.75) is 18.7 Å². The Bertz CT molecular complexity index is 861. The van der Waals surface area contributed by atoms with Crippen molar-refractivity contribution >= 4 is 11.8 Å². The predicted molar refractivity (Wildman–Crippen MR) is 104 cm³/mol. The summed E-state index contributed by atoms with van der Waals surface area (Å²) in [7, 11) is 1.64. The fourth-order valence-corrected chi connectivity index (χ4v) is 3.15. The normalized spacial score (nSPS) is 10.5. The van der Waals surface area contributed by atoms with E-state index in [-0.39, 0.29) is 0 Å². The largest absolute Gasteiger partial charge is 0.497 e. The van der Waals surface area contributed by atoms with Gasteiger partial charge in [0.1, 0.15) is 18.1 Å². The van der Waals surface area contributed by atoms with Crippen LogP contribution in [0.5, 0.6) is 11.5 Å². The van der Waals surface area contributed by atoms with Crippen LogP contribution in [0.2, 0.25) is 0 Å². The van der Waals surface area contributed by atoms with Gasteiger partial charge < -0.3 is 9.47 Å². The molecular formula is C20H21N3O2S. The molecule has 0 saturated heterocycles. The first kappa shape index (κ1) is 18.1. The molecule has 134 valence electrons. The van der Waals surface area contributed by atoms with E-state index in [0.29, 0.717) is 6.61 Å². The van der Waals surface area contributed by atoms with E-state index in [2.05, 4.69) is 16.8 Å². The van der Waals surface area contributed by atoms with Crippen LogP contribution in [0.25, 0.3) is 5.69 Å². The molecule has 0 saturated carbocycles. The number of hydrogen-bond acceptors (Lipinski definition) is 5. The first-order valence-electron chi connectivity index (χ1n) is 8.21. The van der Waals surface area contributed by atoms with Gasteiger partial charge in [-0.25, -0.2) is 0 Å². The standard InChI is InChI=1S/C20H21N3O2S/c1-15(2)14-26-20-22-21-19(23(20)16-7-5-4-6-8-16)13-25-18-11-9-17(24-3)10-12-18/h4-12H,1,13-14H2,2-3H3. The van der Waals surface area contributed by atoms with E-state index >= 15 is 0 Å². The van der Waals surface area contributed by atoms with Crippen LogP contribution in [0.3, 0.4) is 0 Å². The summed E-state index contributed by atoms with van der Waals surface area (Å²) in [6.45, 7) is 6.28. The predicted octanol–water partition coefficient (Wildman–Crippen LogP) is 4.52. The van der Waals surface area contributed by atoms with Crippen molar-refractivity contribution in [3.8, 4) is 17.2 Å². The van der Waals surface area contributed by atoms with Crippen LogP contribution in [0.15, 0.2) is 71.9 Å². The van der Waals surface area contributed by atoms with Gasteiger partial charge in [0.15, 0.2) is 11.0 Å². The molecule has 2 aromatic carbocycles. The lowest BCUT2D eigenvalue weighted by molar-refractivity contribution is 0.292. The molecule has 3 aromatic rings. The number of ether oxygens (including phenoxy) is 2. The van der Waals surface area contributed by atoms with Gasteiger partial charge in [0.25, 0.3) is 0 Å². The maximum absolute atomic E-state index is 5.89. The van der Waals surface area contributed by atoms with Crippen molar-refractivity contribution in [3.63, 3.8) is 0 Å². The number of thioether (sulfide) groups is 1. The van der Waals surface area contributed by atoms with Gasteiger partial charge in [0, 0.05) is 11.4 Å². The molecule has 0 amide bonds. The van der Waals surface area contributed by atoms with Crippen LogP contribution in [0.1, 0.15) is 12.7 Å². The minimum atomic E-state index is 0.321. The fraction of sp³-hybridized carbons (Fsp3) is 0.200. The summed E-state index contributed by atoms with van der Waals surface area (Å²) in [5.41, 5.74) is 2.10. The van der Waals surface area contributed by atoms with E-state index in [1.807, 2.05) is 66.1 Å². The van der Waals surface area contributed by atoms with E-state index in [9.17, 15) is 0 Å². The van der Waals surface area contributed by atoms with Crippen LogP contribution in [-0.4, -0.2) is 27.6 Å². The molecule has 1 aromatic heterocycles. The fourth-order valence-electron chi connectivity index (χ4n) is 2.33. The number of para-hydroxylation sites is 1. The van der Waals surface area contributed by atoms with E-state index in [0.717, 1.165) is 39.5 Å². The maximum Gasteiger partial charge on any atom is 0.196 e. The van der Waals surface area contributed by atoms with Gasteiger partial charge in [-0.15, -0.1) is 10.2 Å². The van der Waals surface area contributed by atoms with E-state index in [4.69, 9.17) is 9.47 Å². The number of hydrogen-bond donors (Lipinski definition) is 0. The lowest BCUT2D eigenvalue weighted by atomic mass is 10.3. The molecule has 0 aliphatic rings. The van der Waals surface area contributed by atoms with Crippen LogP contribution in [0.4, 0.5) is 0 Å². The Kier molecular flexibility index (Phi) is 5.96. The molecule has 0 fully saturated rings. The summed E-state index contributed by atoms with van der Waals surface area (Å²) in [5.74, 6) is 3.09. The molecule has 3 rings (SSSR count). The number of benzene rings is 2. The Balaban J connectivity index is 1.82. The SMILES string of the molecule is C=C(C)CSc1nnc(COc2ccc(OC)cc2)n1-c1ccccc1. The van der Waals surface area contributed by atoms with Gasteiger partial charge in [-0.1, -0.05) is 42.1 Å². The number of rotatable bonds is 8. The Hall–Kier alpha value is -2.73. The number of nitrogens with zero attached hydrogens (tertiary/aromatic N) is 3. The van der Waals surface area contributed by atoms with Crippen LogP contribution in [0, 0.1) is 0 Å². The Morgan fingerprint density at radius 2 is 1.73 bits per heavy atom. The molecule has 5 nitrogen and oxygen atoms in total. The lowest BCUT2D eigenvalue weighted by Crippen LogP contribution is -2.06. The minimum absolute atomic E-state index is 0.321. The third-order valence-electron chi connectivity index (χ3n) is 3.59. The minimum Gasteiger partial charge on any atom is -0.497 e. The Morgan fingerprint density at radius 3 is 2.38 bits per heavy atom. The van der Waals surface area contributed by atoms with Crippen molar-refractivity contribution in [1.29, 1.82) is 0 Å². The van der Waals surface area contributed by atoms with Crippen molar-refractivity contribution < 1.29 is 9.47 Å². The number of aromatic nitrogens is 3. The molecule has 6 heteroatoms. The zero-order valence-electron chi connectivity index (χ0n) is 14.9. The number of methoxy groups -OCH3 is 1. The smallest absolute Gasteiger partial charge is 0.196 e. The first-order chi connectivity index (χ1) is 12.7. The highest BCUT2D eigenvalue weighted by Crippen LogP contribution is 2.24. The summed E-state index contributed by atoms with van der Waals surface area (Å²) < 4.78 is 13.1. The van der Waals surface area contributed by atoms with Crippen molar-refractivity contribution in [2.24, 2.45) is 0 Å². The van der Waals surface area contributed by atoms with Crippen LogP contribution >= 0.6 is 11.8 Å². The highest BCUT2D eigenvalue weighted by molar-refractivity contribution is 7.99. The summed E-state index contributed by atoms with van der Waals surface area (Å²) in [6, 6.07) is 17.5. The van der Waals surface area contributed by atoms with Crippen molar-refractivity contribution in [2.75, 3.05) is 12.9 Å². The molecule has 0 N–H and O–H groups in total.